The van der Waals surface area contributed by atoms with Gasteiger partial charge in [0.25, 0.3) is 0 Å². The predicted octanol–water partition coefficient (Wildman–Crippen LogP) is -0.133. The van der Waals surface area contributed by atoms with Gasteiger partial charge in [0.15, 0.2) is 0 Å². The molecule has 1 N–H and O–H groups in total. The molecule has 0 bridgehead atoms. The Hall–Kier alpha value is 0.750. The molecule has 0 aromatic heterocycles. The second kappa shape index (κ2) is 22.4. The number of ether oxygens (including phenoxy) is 3. The summed E-state index contributed by atoms with van der Waals surface area (Å²) >= 11 is 0. The summed E-state index contributed by atoms with van der Waals surface area (Å²) in [6.07, 6.45) is 11.8. The summed E-state index contributed by atoms with van der Waals surface area (Å²) in [5.41, 5.74) is 0. The van der Waals surface area contributed by atoms with Crippen molar-refractivity contribution in [3.8, 4) is 0 Å². The molecular formula is C19H39NaO7S. The van der Waals surface area contributed by atoms with Crippen LogP contribution in [0.1, 0.15) is 71.1 Å². The molecule has 0 aromatic carbocycles. The monoisotopic (exact) mass is 434 g/mol. The Labute approximate surface area is 193 Å². The zero-order chi connectivity index (χ0) is 20.2. The molecule has 0 aliphatic rings. The van der Waals surface area contributed by atoms with Gasteiger partial charge in [-0.05, 0) is 6.42 Å². The van der Waals surface area contributed by atoms with Crippen molar-refractivity contribution in [1.82, 2.24) is 0 Å². The van der Waals surface area contributed by atoms with Crippen molar-refractivity contribution < 1.29 is 61.8 Å². The first-order valence-corrected chi connectivity index (χ1v) is 11.9. The molecule has 0 aliphatic heterocycles. The molecule has 0 rings (SSSR count). The molecular weight excluding hydrogens is 395 g/mol. The standard InChI is InChI=1S/C19H40O7S.Na/c1-2-3-4-5-6-7-8-9-10-11-12-24-13-14-25-15-16-26-17-19(20)18-27(21,22)23;/h19-20H,2-18H2,1H3,(H,21,22,23);/q;+1/p-1. The minimum Gasteiger partial charge on any atom is -0.748 e. The third-order valence-corrected chi connectivity index (χ3v) is 4.89. The molecule has 0 spiro atoms. The maximum atomic E-state index is 10.4. The maximum absolute atomic E-state index is 10.4. The van der Waals surface area contributed by atoms with Crippen LogP contribution < -0.4 is 29.6 Å². The molecule has 28 heavy (non-hydrogen) atoms. The van der Waals surface area contributed by atoms with Crippen molar-refractivity contribution in [3.63, 3.8) is 0 Å². The summed E-state index contributed by atoms with van der Waals surface area (Å²) in [4.78, 5) is 0. The van der Waals surface area contributed by atoms with Crippen LogP contribution in [0.25, 0.3) is 0 Å². The van der Waals surface area contributed by atoms with Gasteiger partial charge in [-0.15, -0.1) is 0 Å². The zero-order valence-corrected chi connectivity index (χ0v) is 20.7. The molecule has 0 saturated heterocycles. The van der Waals surface area contributed by atoms with Crippen LogP contribution >= 0.6 is 0 Å². The van der Waals surface area contributed by atoms with Crippen LogP contribution in [0.5, 0.6) is 0 Å². The van der Waals surface area contributed by atoms with E-state index in [-0.39, 0.29) is 42.8 Å². The summed E-state index contributed by atoms with van der Waals surface area (Å²) in [5.74, 6) is -0.833. The molecule has 0 heterocycles. The number of aliphatic hydroxyl groups is 1. The Balaban J connectivity index is 0. The van der Waals surface area contributed by atoms with E-state index in [1.54, 1.807) is 0 Å². The number of unbranched alkanes of at least 4 members (excludes halogenated alkanes) is 9. The van der Waals surface area contributed by atoms with Crippen LogP contribution in [0.2, 0.25) is 0 Å². The van der Waals surface area contributed by atoms with E-state index in [2.05, 4.69) is 6.92 Å². The van der Waals surface area contributed by atoms with Gasteiger partial charge in [-0.3, -0.25) is 0 Å². The first-order chi connectivity index (χ1) is 13.0. The van der Waals surface area contributed by atoms with E-state index < -0.39 is 22.0 Å². The van der Waals surface area contributed by atoms with Gasteiger partial charge in [0.2, 0.25) is 0 Å². The minimum absolute atomic E-state index is 0. The zero-order valence-electron chi connectivity index (χ0n) is 17.9. The quantitative estimate of drug-likeness (QED) is 0.152. The Kier molecular flexibility index (Phi) is 24.8. The predicted molar refractivity (Wildman–Crippen MR) is 105 cm³/mol. The number of hydrogen-bond acceptors (Lipinski definition) is 7. The van der Waals surface area contributed by atoms with Gasteiger partial charge < -0.3 is 23.9 Å². The Morgan fingerprint density at radius 3 is 1.68 bits per heavy atom. The molecule has 0 aliphatic carbocycles. The molecule has 9 heteroatoms. The summed E-state index contributed by atoms with van der Waals surface area (Å²) in [7, 11) is -4.43. The molecule has 1 atom stereocenters. The van der Waals surface area contributed by atoms with Crippen molar-refractivity contribution in [2.75, 3.05) is 45.4 Å². The fourth-order valence-electron chi connectivity index (χ4n) is 2.63. The summed E-state index contributed by atoms with van der Waals surface area (Å²) in [6.45, 7) is 4.37. The van der Waals surface area contributed by atoms with Crippen molar-refractivity contribution in [3.05, 3.63) is 0 Å². The first kappa shape index (κ1) is 30.9. The maximum Gasteiger partial charge on any atom is 1.00 e. The second-order valence-corrected chi connectivity index (χ2v) is 8.31. The Bertz CT molecular complexity index is 407. The number of aliphatic hydroxyl groups excluding tert-OH is 1. The SMILES string of the molecule is CCCCCCCCCCCCOCCOCCOCC(O)CS(=O)(=O)[O-].[Na+]. The van der Waals surface area contributed by atoms with E-state index in [1.807, 2.05) is 0 Å². The minimum atomic E-state index is -4.43. The molecule has 0 aromatic rings. The van der Waals surface area contributed by atoms with E-state index in [0.717, 1.165) is 13.0 Å². The van der Waals surface area contributed by atoms with Crippen molar-refractivity contribution in [2.24, 2.45) is 0 Å². The smallest absolute Gasteiger partial charge is 0.748 e. The first-order valence-electron chi connectivity index (χ1n) is 10.3. The van der Waals surface area contributed by atoms with Gasteiger partial charge in [-0.25, -0.2) is 8.42 Å². The van der Waals surface area contributed by atoms with Crippen molar-refractivity contribution in [2.45, 2.75) is 77.2 Å². The van der Waals surface area contributed by atoms with Gasteiger partial charge >= 0.3 is 29.6 Å². The van der Waals surface area contributed by atoms with E-state index in [1.165, 1.54) is 57.8 Å². The third-order valence-electron chi connectivity index (χ3n) is 4.09. The summed E-state index contributed by atoms with van der Waals surface area (Å²) in [5, 5.41) is 9.25. The molecule has 0 saturated carbocycles. The summed E-state index contributed by atoms with van der Waals surface area (Å²) < 4.78 is 47.1. The van der Waals surface area contributed by atoms with Crippen LogP contribution in [0.3, 0.4) is 0 Å². The van der Waals surface area contributed by atoms with Crippen LogP contribution in [0.4, 0.5) is 0 Å². The van der Waals surface area contributed by atoms with E-state index in [0.29, 0.717) is 19.8 Å². The Morgan fingerprint density at radius 1 is 0.750 bits per heavy atom. The molecule has 0 radical (unpaired) electrons. The van der Waals surface area contributed by atoms with Gasteiger partial charge in [-0.2, -0.15) is 0 Å². The van der Waals surface area contributed by atoms with Crippen LogP contribution in [0.15, 0.2) is 0 Å². The topological polar surface area (TPSA) is 105 Å². The second-order valence-electron chi connectivity index (χ2n) is 6.86. The van der Waals surface area contributed by atoms with Gasteiger partial charge in [-0.1, -0.05) is 64.7 Å². The van der Waals surface area contributed by atoms with E-state index in [4.69, 9.17) is 14.2 Å². The average molecular weight is 435 g/mol. The van der Waals surface area contributed by atoms with Crippen molar-refractivity contribution in [1.29, 1.82) is 0 Å². The van der Waals surface area contributed by atoms with E-state index >= 15 is 0 Å². The van der Waals surface area contributed by atoms with Crippen LogP contribution in [0, 0.1) is 0 Å². The fourth-order valence-corrected chi connectivity index (χ4v) is 3.20. The largest absolute Gasteiger partial charge is 1.00 e. The molecule has 164 valence electrons. The molecule has 0 amide bonds. The molecule has 0 fully saturated rings. The van der Waals surface area contributed by atoms with E-state index in [9.17, 15) is 18.1 Å². The van der Waals surface area contributed by atoms with Crippen LogP contribution in [-0.2, 0) is 24.3 Å². The fraction of sp³-hybridized carbons (Fsp3) is 1.00. The van der Waals surface area contributed by atoms with Crippen molar-refractivity contribution >= 4 is 10.1 Å². The number of rotatable bonds is 21. The Morgan fingerprint density at radius 2 is 1.18 bits per heavy atom. The molecule has 7 nitrogen and oxygen atoms in total. The van der Waals surface area contributed by atoms with Gasteiger partial charge in [0.1, 0.15) is 0 Å². The van der Waals surface area contributed by atoms with Gasteiger partial charge in [0.05, 0.1) is 55.0 Å². The molecule has 1 unspecified atom stereocenters. The van der Waals surface area contributed by atoms with Gasteiger partial charge in [0, 0.05) is 6.61 Å². The number of hydrogen-bond donors (Lipinski definition) is 1. The average Bonchev–Trinajstić information content (AvgIpc) is 2.59. The normalized spacial score (nSPS) is 12.7. The van der Waals surface area contributed by atoms with Crippen LogP contribution in [-0.4, -0.2) is 69.6 Å². The third kappa shape index (κ3) is 26.8. The summed E-state index contributed by atoms with van der Waals surface area (Å²) in [6, 6.07) is 0.